The highest BCUT2D eigenvalue weighted by atomic mass is 16.5. The van der Waals surface area contributed by atoms with Crippen LogP contribution in [0.2, 0.25) is 0 Å². The minimum absolute atomic E-state index is 0.0424. The second kappa shape index (κ2) is 10.1. The summed E-state index contributed by atoms with van der Waals surface area (Å²) in [4.78, 5) is 51.9. The molecule has 0 spiro atoms. The van der Waals surface area contributed by atoms with Crippen LogP contribution < -0.4 is 0 Å². The topological polar surface area (TPSA) is 121 Å². The van der Waals surface area contributed by atoms with E-state index in [0.29, 0.717) is 5.56 Å². The number of carbonyl (C=O) groups is 4. The monoisotopic (exact) mass is 368 g/mol. The van der Waals surface area contributed by atoms with Crippen molar-refractivity contribution in [2.75, 3.05) is 41.5 Å². The van der Waals surface area contributed by atoms with E-state index >= 15 is 0 Å². The van der Waals surface area contributed by atoms with Crippen LogP contribution in [0.3, 0.4) is 0 Å². The standard InChI is InChI=1S/C16H20N2O8/c1-23-13(19)8-18(9-14(20)24-2)7-10-5-11(15(21)25-3)17-12(6-10)16(22)26-4/h5-6H,7-9H2,1-4H3. The van der Waals surface area contributed by atoms with Gasteiger partial charge in [0.15, 0.2) is 0 Å². The second-order valence-corrected chi connectivity index (χ2v) is 5.03. The van der Waals surface area contributed by atoms with Crippen LogP contribution in [-0.4, -0.2) is 75.3 Å². The van der Waals surface area contributed by atoms with E-state index in [1.54, 1.807) is 0 Å². The summed E-state index contributed by atoms with van der Waals surface area (Å²) in [6.07, 6.45) is 0. The number of hydrogen-bond acceptors (Lipinski definition) is 10. The molecule has 1 aromatic rings. The van der Waals surface area contributed by atoms with Gasteiger partial charge in [-0.05, 0) is 17.7 Å². The van der Waals surface area contributed by atoms with Gasteiger partial charge in [0.1, 0.15) is 11.4 Å². The number of nitrogens with zero attached hydrogens (tertiary/aromatic N) is 2. The van der Waals surface area contributed by atoms with Crippen molar-refractivity contribution >= 4 is 23.9 Å². The van der Waals surface area contributed by atoms with E-state index in [1.165, 1.54) is 45.5 Å². The molecule has 1 aromatic heterocycles. The van der Waals surface area contributed by atoms with Gasteiger partial charge in [0.25, 0.3) is 0 Å². The normalized spacial score (nSPS) is 10.2. The molecule has 0 fully saturated rings. The Hall–Kier alpha value is -3.01. The molecule has 0 atom stereocenters. The maximum Gasteiger partial charge on any atom is 0.356 e. The lowest BCUT2D eigenvalue weighted by atomic mass is 10.1. The molecule has 0 saturated carbocycles. The molecule has 1 heterocycles. The Kier molecular flexibility index (Phi) is 8.16. The number of pyridine rings is 1. The van der Waals surface area contributed by atoms with Crippen LogP contribution in [0, 0.1) is 0 Å². The Morgan fingerprint density at radius 2 is 1.23 bits per heavy atom. The molecule has 0 aliphatic carbocycles. The molecule has 10 heteroatoms. The maximum absolute atomic E-state index is 11.8. The zero-order chi connectivity index (χ0) is 19.7. The van der Waals surface area contributed by atoms with Gasteiger partial charge in [-0.1, -0.05) is 0 Å². The number of esters is 4. The van der Waals surface area contributed by atoms with Crippen LogP contribution in [0.4, 0.5) is 0 Å². The van der Waals surface area contributed by atoms with Gasteiger partial charge in [-0.25, -0.2) is 14.6 Å². The first-order valence-electron chi connectivity index (χ1n) is 7.38. The largest absolute Gasteiger partial charge is 0.468 e. The van der Waals surface area contributed by atoms with Crippen LogP contribution in [0.5, 0.6) is 0 Å². The third kappa shape index (κ3) is 6.13. The lowest BCUT2D eigenvalue weighted by Crippen LogP contribution is -2.35. The van der Waals surface area contributed by atoms with E-state index < -0.39 is 23.9 Å². The minimum atomic E-state index is -0.746. The summed E-state index contributed by atoms with van der Waals surface area (Å²) in [6.45, 7) is -0.356. The second-order valence-electron chi connectivity index (χ2n) is 5.03. The molecule has 1 rings (SSSR count). The quantitative estimate of drug-likeness (QED) is 0.450. The number of carbonyl (C=O) groups excluding carboxylic acids is 4. The lowest BCUT2D eigenvalue weighted by molar-refractivity contribution is -0.145. The molecule has 142 valence electrons. The van der Waals surface area contributed by atoms with Gasteiger partial charge >= 0.3 is 23.9 Å². The first kappa shape index (κ1) is 21.0. The van der Waals surface area contributed by atoms with Crippen molar-refractivity contribution in [1.29, 1.82) is 0 Å². The average Bonchev–Trinajstić information content (AvgIpc) is 2.65. The molecule has 0 radical (unpaired) electrons. The smallest absolute Gasteiger partial charge is 0.356 e. The van der Waals surface area contributed by atoms with Gasteiger partial charge in [-0.2, -0.15) is 0 Å². The molecule has 0 aliphatic rings. The maximum atomic E-state index is 11.8. The van der Waals surface area contributed by atoms with E-state index in [2.05, 4.69) is 23.9 Å². The van der Waals surface area contributed by atoms with E-state index in [4.69, 9.17) is 0 Å². The number of hydrogen-bond donors (Lipinski definition) is 0. The molecule has 0 aliphatic heterocycles. The Morgan fingerprint density at radius 1 is 0.808 bits per heavy atom. The van der Waals surface area contributed by atoms with Gasteiger partial charge in [0, 0.05) is 6.54 Å². The molecule has 0 amide bonds. The first-order valence-corrected chi connectivity index (χ1v) is 7.38. The van der Waals surface area contributed by atoms with Crippen LogP contribution >= 0.6 is 0 Å². The number of methoxy groups -OCH3 is 4. The summed E-state index contributed by atoms with van der Waals surface area (Å²) < 4.78 is 18.4. The summed E-state index contributed by atoms with van der Waals surface area (Å²) >= 11 is 0. The molecule has 0 bridgehead atoms. The molecule has 10 nitrogen and oxygen atoms in total. The average molecular weight is 368 g/mol. The van der Waals surface area contributed by atoms with Crippen molar-refractivity contribution in [1.82, 2.24) is 9.88 Å². The fourth-order valence-electron chi connectivity index (χ4n) is 2.02. The summed E-state index contributed by atoms with van der Waals surface area (Å²) in [7, 11) is 4.79. The van der Waals surface area contributed by atoms with Crippen LogP contribution in [0.15, 0.2) is 12.1 Å². The van der Waals surface area contributed by atoms with E-state index in [-0.39, 0.29) is 31.0 Å². The van der Waals surface area contributed by atoms with Crippen LogP contribution in [0.1, 0.15) is 26.5 Å². The van der Waals surface area contributed by atoms with Crippen molar-refractivity contribution in [3.05, 3.63) is 29.1 Å². The molecular weight excluding hydrogens is 348 g/mol. The predicted octanol–water partition coefficient (Wildman–Crippen LogP) is -0.197. The van der Waals surface area contributed by atoms with Gasteiger partial charge in [-0.3, -0.25) is 14.5 Å². The van der Waals surface area contributed by atoms with Crippen molar-refractivity contribution in [2.45, 2.75) is 6.54 Å². The van der Waals surface area contributed by atoms with E-state index in [0.717, 1.165) is 0 Å². The third-order valence-corrected chi connectivity index (χ3v) is 3.24. The molecule has 0 N–H and O–H groups in total. The zero-order valence-electron chi connectivity index (χ0n) is 14.9. The Balaban J connectivity index is 3.18. The summed E-state index contributed by atoms with van der Waals surface area (Å²) in [5.41, 5.74) is 0.219. The number of ether oxygens (including phenoxy) is 4. The molecule has 0 unspecified atom stereocenters. The highest BCUT2D eigenvalue weighted by Crippen LogP contribution is 2.12. The fraction of sp³-hybridized carbons (Fsp3) is 0.438. The summed E-state index contributed by atoms with van der Waals surface area (Å²) in [5, 5.41) is 0. The van der Waals surface area contributed by atoms with Gasteiger partial charge in [0.05, 0.1) is 41.5 Å². The SMILES string of the molecule is COC(=O)CN(CC(=O)OC)Cc1cc(C(=O)OC)nc(C(=O)OC)c1. The third-order valence-electron chi connectivity index (χ3n) is 3.24. The first-order chi connectivity index (χ1) is 12.3. The number of aromatic nitrogens is 1. The number of rotatable bonds is 8. The minimum Gasteiger partial charge on any atom is -0.468 e. The van der Waals surface area contributed by atoms with E-state index in [9.17, 15) is 19.2 Å². The molecule has 0 aromatic carbocycles. The Morgan fingerprint density at radius 3 is 1.58 bits per heavy atom. The van der Waals surface area contributed by atoms with Crippen molar-refractivity contribution in [3.8, 4) is 0 Å². The Bertz CT molecular complexity index is 637. The van der Waals surface area contributed by atoms with Crippen molar-refractivity contribution in [3.63, 3.8) is 0 Å². The highest BCUT2D eigenvalue weighted by molar-refractivity contribution is 5.91. The Labute approximate surface area is 150 Å². The predicted molar refractivity (Wildman–Crippen MR) is 86.2 cm³/mol. The summed E-state index contributed by atoms with van der Waals surface area (Å²) in [6, 6.07) is 2.78. The zero-order valence-corrected chi connectivity index (χ0v) is 14.9. The highest BCUT2D eigenvalue weighted by Gasteiger charge is 2.20. The summed E-state index contributed by atoms with van der Waals surface area (Å²) in [5.74, 6) is -2.62. The van der Waals surface area contributed by atoms with E-state index in [1.807, 2.05) is 0 Å². The van der Waals surface area contributed by atoms with Crippen LogP contribution in [0.25, 0.3) is 0 Å². The fourth-order valence-corrected chi connectivity index (χ4v) is 2.02. The molecular formula is C16H20N2O8. The van der Waals surface area contributed by atoms with Crippen LogP contribution in [-0.2, 0) is 35.1 Å². The van der Waals surface area contributed by atoms with Gasteiger partial charge < -0.3 is 18.9 Å². The van der Waals surface area contributed by atoms with Gasteiger partial charge in [-0.15, -0.1) is 0 Å². The van der Waals surface area contributed by atoms with Gasteiger partial charge in [0.2, 0.25) is 0 Å². The lowest BCUT2D eigenvalue weighted by Gasteiger charge is -2.20. The molecule has 26 heavy (non-hydrogen) atoms. The van der Waals surface area contributed by atoms with Crippen molar-refractivity contribution in [2.24, 2.45) is 0 Å². The van der Waals surface area contributed by atoms with Crippen molar-refractivity contribution < 1.29 is 38.1 Å². The molecule has 0 saturated heterocycles.